The van der Waals surface area contributed by atoms with Gasteiger partial charge in [-0.25, -0.2) is 0 Å². The molecule has 132 valence electrons. The summed E-state index contributed by atoms with van der Waals surface area (Å²) in [5.41, 5.74) is 3.79. The largest absolute Gasteiger partial charge is 0.391 e. The van der Waals surface area contributed by atoms with Gasteiger partial charge in [0.25, 0.3) is 5.91 Å². The lowest BCUT2D eigenvalue weighted by Crippen LogP contribution is -2.14. The maximum Gasteiger partial charge on any atom is 0.269 e. The predicted molar refractivity (Wildman–Crippen MR) is 102 cm³/mol. The lowest BCUT2D eigenvalue weighted by atomic mass is 10.1. The maximum atomic E-state index is 12.4. The minimum atomic E-state index is -0.233. The van der Waals surface area contributed by atoms with E-state index in [0.29, 0.717) is 28.6 Å². The van der Waals surface area contributed by atoms with Gasteiger partial charge in [-0.2, -0.15) is 0 Å². The Morgan fingerprint density at radius 3 is 2.62 bits per heavy atom. The van der Waals surface area contributed by atoms with Crippen LogP contribution in [0.5, 0.6) is 0 Å². The molecule has 1 N–H and O–H groups in total. The Labute approximate surface area is 155 Å². The van der Waals surface area contributed by atoms with Crippen LogP contribution in [0.2, 0.25) is 0 Å². The second-order valence-electron chi connectivity index (χ2n) is 5.62. The van der Waals surface area contributed by atoms with Crippen LogP contribution >= 0.6 is 11.5 Å². The second kappa shape index (κ2) is 8.35. The van der Waals surface area contributed by atoms with Crippen molar-refractivity contribution in [3.05, 3.63) is 76.3 Å². The molecule has 1 heterocycles. The van der Waals surface area contributed by atoms with Crippen molar-refractivity contribution in [2.24, 2.45) is 5.16 Å². The summed E-state index contributed by atoms with van der Waals surface area (Å²) in [6.07, 6.45) is 0. The maximum absolute atomic E-state index is 12.4. The molecule has 0 spiro atoms. The highest BCUT2D eigenvalue weighted by Gasteiger charge is 2.15. The summed E-state index contributed by atoms with van der Waals surface area (Å²) < 4.78 is 3.80. The number of aryl methyl sites for hydroxylation is 1. The van der Waals surface area contributed by atoms with Crippen LogP contribution < -0.4 is 5.32 Å². The van der Waals surface area contributed by atoms with Gasteiger partial charge in [0.1, 0.15) is 11.5 Å². The number of benzene rings is 2. The van der Waals surface area contributed by atoms with Gasteiger partial charge < -0.3 is 10.2 Å². The van der Waals surface area contributed by atoms with Gasteiger partial charge in [0.15, 0.2) is 0 Å². The average Bonchev–Trinajstić information content (AvgIpc) is 3.09. The minimum absolute atomic E-state index is 0.233. The fourth-order valence-corrected chi connectivity index (χ4v) is 2.91. The van der Waals surface area contributed by atoms with Crippen LogP contribution in [0.15, 0.2) is 59.8 Å². The third-order valence-corrected chi connectivity index (χ3v) is 4.53. The normalized spacial score (nSPS) is 11.2. The molecule has 1 aromatic heterocycles. The van der Waals surface area contributed by atoms with Crippen LogP contribution in [-0.4, -0.2) is 21.2 Å². The molecule has 1 amide bonds. The van der Waals surface area contributed by atoms with Gasteiger partial charge >= 0.3 is 0 Å². The molecule has 0 aliphatic heterocycles. The van der Waals surface area contributed by atoms with Crippen LogP contribution in [-0.2, 0) is 11.4 Å². The van der Waals surface area contributed by atoms with E-state index in [1.54, 1.807) is 6.92 Å². The highest BCUT2D eigenvalue weighted by molar-refractivity contribution is 7.08. The van der Waals surface area contributed by atoms with Crippen molar-refractivity contribution in [2.75, 3.05) is 5.32 Å². The number of hydrogen-bond donors (Lipinski definition) is 1. The highest BCUT2D eigenvalue weighted by Crippen LogP contribution is 2.19. The molecule has 2 aromatic carbocycles. The smallest absolute Gasteiger partial charge is 0.269 e. The lowest BCUT2D eigenvalue weighted by Gasteiger charge is -2.10. The van der Waals surface area contributed by atoms with E-state index in [1.807, 2.05) is 61.5 Å². The zero-order chi connectivity index (χ0) is 18.4. The van der Waals surface area contributed by atoms with Gasteiger partial charge in [0.2, 0.25) is 0 Å². The van der Waals surface area contributed by atoms with Gasteiger partial charge in [0.05, 0.1) is 17.1 Å². The zero-order valence-corrected chi connectivity index (χ0v) is 15.3. The number of para-hydroxylation sites is 1. The first-order chi connectivity index (χ1) is 12.6. The minimum Gasteiger partial charge on any atom is -0.391 e. The number of oxime groups is 1. The molecule has 0 unspecified atom stereocenters. The van der Waals surface area contributed by atoms with E-state index in [9.17, 15) is 4.79 Å². The van der Waals surface area contributed by atoms with E-state index >= 15 is 0 Å². The van der Waals surface area contributed by atoms with Gasteiger partial charge in [-0.3, -0.25) is 4.79 Å². The molecule has 0 fully saturated rings. The van der Waals surface area contributed by atoms with E-state index in [0.717, 1.165) is 22.7 Å². The number of aromatic nitrogens is 2. The molecule has 0 bridgehead atoms. The molecule has 0 atom stereocenters. The first kappa shape index (κ1) is 17.8. The summed E-state index contributed by atoms with van der Waals surface area (Å²) >= 11 is 1.07. The Morgan fingerprint density at radius 1 is 1.15 bits per heavy atom. The van der Waals surface area contributed by atoms with E-state index < -0.39 is 0 Å². The van der Waals surface area contributed by atoms with Crippen molar-refractivity contribution in [3.63, 3.8) is 0 Å². The molecule has 3 aromatic rings. The number of carbonyl (C=O) groups excluding carboxylic acids is 1. The van der Waals surface area contributed by atoms with Crippen LogP contribution in [0.3, 0.4) is 0 Å². The molecule has 3 rings (SSSR count). The van der Waals surface area contributed by atoms with E-state index in [-0.39, 0.29) is 5.91 Å². The van der Waals surface area contributed by atoms with Gasteiger partial charge in [-0.1, -0.05) is 58.2 Å². The third-order valence-electron chi connectivity index (χ3n) is 3.70. The van der Waals surface area contributed by atoms with Crippen molar-refractivity contribution in [3.8, 4) is 0 Å². The van der Waals surface area contributed by atoms with Crippen molar-refractivity contribution in [2.45, 2.75) is 20.5 Å². The summed E-state index contributed by atoms with van der Waals surface area (Å²) in [6.45, 7) is 3.99. The molecule has 0 saturated heterocycles. The Kier molecular flexibility index (Phi) is 5.70. The highest BCUT2D eigenvalue weighted by atomic mass is 32.1. The van der Waals surface area contributed by atoms with Gasteiger partial charge in [-0.05, 0) is 37.0 Å². The molecule has 0 radical (unpaired) electrons. The Hall–Kier alpha value is -3.06. The van der Waals surface area contributed by atoms with Crippen molar-refractivity contribution >= 4 is 28.8 Å². The Bertz CT molecular complexity index is 922. The van der Waals surface area contributed by atoms with Gasteiger partial charge in [-0.15, -0.1) is 5.10 Å². The van der Waals surface area contributed by atoms with Crippen molar-refractivity contribution < 1.29 is 9.63 Å². The fourth-order valence-electron chi connectivity index (χ4n) is 2.35. The number of nitrogens with zero attached hydrogens (tertiary/aromatic N) is 3. The van der Waals surface area contributed by atoms with Crippen LogP contribution in [0.1, 0.15) is 33.4 Å². The molecule has 6 nitrogen and oxygen atoms in total. The SMILES string of the molecule is C/C(=N\OCc1ccccc1)c1ccccc1NC(=O)c1snnc1C. The summed E-state index contributed by atoms with van der Waals surface area (Å²) in [5, 5.41) is 10.9. The first-order valence-electron chi connectivity index (χ1n) is 8.05. The fraction of sp³-hybridized carbons (Fsp3) is 0.158. The second-order valence-corrected chi connectivity index (χ2v) is 6.38. The summed E-state index contributed by atoms with van der Waals surface area (Å²) in [6, 6.07) is 17.3. The molecule has 26 heavy (non-hydrogen) atoms. The van der Waals surface area contributed by atoms with Crippen LogP contribution in [0.4, 0.5) is 5.69 Å². The molecular weight excluding hydrogens is 348 g/mol. The number of carbonyl (C=O) groups is 1. The monoisotopic (exact) mass is 366 g/mol. The number of amides is 1. The number of anilines is 1. The Balaban J connectivity index is 1.72. The zero-order valence-electron chi connectivity index (χ0n) is 14.5. The number of nitrogens with one attached hydrogen (secondary N) is 1. The average molecular weight is 366 g/mol. The quantitative estimate of drug-likeness (QED) is 0.528. The lowest BCUT2D eigenvalue weighted by molar-refractivity contribution is 0.102. The molecule has 0 aliphatic carbocycles. The first-order valence-corrected chi connectivity index (χ1v) is 8.82. The molecule has 0 aliphatic rings. The summed E-state index contributed by atoms with van der Waals surface area (Å²) in [4.78, 5) is 18.4. The topological polar surface area (TPSA) is 76.5 Å². The van der Waals surface area contributed by atoms with Crippen LogP contribution in [0, 0.1) is 6.92 Å². The predicted octanol–water partition coefficient (Wildman–Crippen LogP) is 4.04. The van der Waals surface area contributed by atoms with E-state index in [1.165, 1.54) is 0 Å². The molecule has 0 saturated carbocycles. The standard InChI is InChI=1S/C19H18N4O2S/c1-13(22-25-12-15-8-4-3-5-9-15)16-10-6-7-11-17(16)20-19(24)18-14(2)21-23-26-18/h3-11H,12H2,1-2H3,(H,20,24)/b22-13+. The van der Waals surface area contributed by atoms with Crippen molar-refractivity contribution in [1.82, 2.24) is 9.59 Å². The van der Waals surface area contributed by atoms with E-state index in [2.05, 4.69) is 20.1 Å². The Morgan fingerprint density at radius 2 is 1.88 bits per heavy atom. The molecule has 7 heteroatoms. The summed E-state index contributed by atoms with van der Waals surface area (Å²) in [7, 11) is 0. The number of rotatable bonds is 6. The number of hydrogen-bond acceptors (Lipinski definition) is 6. The van der Waals surface area contributed by atoms with Crippen molar-refractivity contribution in [1.29, 1.82) is 0 Å². The molecular formula is C19H18N4O2S. The van der Waals surface area contributed by atoms with Crippen LogP contribution in [0.25, 0.3) is 0 Å². The summed E-state index contributed by atoms with van der Waals surface area (Å²) in [5.74, 6) is -0.233. The van der Waals surface area contributed by atoms with E-state index in [4.69, 9.17) is 4.84 Å². The third kappa shape index (κ3) is 4.31. The van der Waals surface area contributed by atoms with Gasteiger partial charge in [0, 0.05) is 5.56 Å².